The van der Waals surface area contributed by atoms with Gasteiger partial charge in [0, 0.05) is 27.4 Å². The number of benzene rings is 2. The van der Waals surface area contributed by atoms with Gasteiger partial charge in [0.05, 0.1) is 10.7 Å². The van der Waals surface area contributed by atoms with Gasteiger partial charge >= 0.3 is 0 Å². The monoisotopic (exact) mass is 408 g/mol. The smallest absolute Gasteiger partial charge is 0.187 e. The Kier molecular flexibility index (Phi) is 5.56. The third-order valence-electron chi connectivity index (χ3n) is 3.86. The molecule has 0 aliphatic rings. The number of nitrogens with one attached hydrogen (secondary N) is 1. The number of thiazole rings is 1. The van der Waals surface area contributed by atoms with Crippen LogP contribution in [0.4, 0.5) is 15.2 Å². The molecule has 3 aromatic rings. The van der Waals surface area contributed by atoms with Crippen LogP contribution in [0.1, 0.15) is 36.9 Å². The largest absolute Gasteiger partial charge is 0.331 e. The molecule has 26 heavy (non-hydrogen) atoms. The lowest BCUT2D eigenvalue weighted by molar-refractivity contribution is 0.568. The van der Waals surface area contributed by atoms with Crippen LogP contribution in [0.5, 0.6) is 0 Å². The van der Waals surface area contributed by atoms with Crippen LogP contribution in [-0.2, 0) is 11.8 Å². The number of anilines is 2. The number of halogens is 3. The fraction of sp³-hybridized carbons (Fsp3) is 0.250. The minimum Gasteiger partial charge on any atom is -0.331 e. The first-order valence-corrected chi connectivity index (χ1v) is 9.76. The van der Waals surface area contributed by atoms with E-state index in [1.54, 1.807) is 23.5 Å². The van der Waals surface area contributed by atoms with Gasteiger partial charge in [0.25, 0.3) is 0 Å². The van der Waals surface area contributed by atoms with Crippen LogP contribution in [0.15, 0.2) is 42.5 Å². The van der Waals surface area contributed by atoms with E-state index in [2.05, 4.69) is 26.1 Å². The van der Waals surface area contributed by atoms with Gasteiger partial charge in [-0.15, -0.1) is 11.3 Å². The first-order valence-electron chi connectivity index (χ1n) is 8.19. The van der Waals surface area contributed by atoms with Crippen molar-refractivity contribution in [2.75, 3.05) is 5.32 Å². The quantitative estimate of drug-likeness (QED) is 0.492. The average Bonchev–Trinajstić information content (AvgIpc) is 2.96. The molecule has 0 saturated carbocycles. The molecule has 0 amide bonds. The number of rotatable bonds is 4. The first-order chi connectivity index (χ1) is 12.2. The summed E-state index contributed by atoms with van der Waals surface area (Å²) >= 11 is 13.4. The molecular weight excluding hydrogens is 390 g/mol. The van der Waals surface area contributed by atoms with Crippen molar-refractivity contribution in [1.82, 2.24) is 4.98 Å². The van der Waals surface area contributed by atoms with Crippen molar-refractivity contribution in [1.29, 1.82) is 0 Å². The van der Waals surface area contributed by atoms with Gasteiger partial charge in [-0.3, -0.25) is 0 Å². The standard InChI is InChI=1S/C20H19Cl2FN2S/c1-20(2,3)18-17(10-12-4-6-13(21)7-5-12)26-19(25-18)24-14-8-9-16(23)15(22)11-14/h4-9,11H,10H2,1-3H3,(H,24,25). The third-order valence-corrected chi connectivity index (χ3v) is 5.37. The van der Waals surface area contributed by atoms with Crippen molar-refractivity contribution < 1.29 is 4.39 Å². The van der Waals surface area contributed by atoms with Gasteiger partial charge in [0.2, 0.25) is 0 Å². The van der Waals surface area contributed by atoms with E-state index in [9.17, 15) is 4.39 Å². The van der Waals surface area contributed by atoms with Gasteiger partial charge in [0.15, 0.2) is 5.13 Å². The maximum atomic E-state index is 13.4. The molecule has 0 radical (unpaired) electrons. The Balaban J connectivity index is 1.91. The van der Waals surface area contributed by atoms with Crippen molar-refractivity contribution in [3.05, 3.63) is 74.5 Å². The topological polar surface area (TPSA) is 24.9 Å². The van der Waals surface area contributed by atoms with E-state index in [4.69, 9.17) is 28.2 Å². The van der Waals surface area contributed by atoms with Gasteiger partial charge in [-0.05, 0) is 35.9 Å². The number of aromatic nitrogens is 1. The molecule has 0 saturated heterocycles. The van der Waals surface area contributed by atoms with Crippen LogP contribution in [0.2, 0.25) is 10.0 Å². The Labute approximate surface area is 167 Å². The van der Waals surface area contributed by atoms with Crippen LogP contribution in [0.25, 0.3) is 0 Å². The van der Waals surface area contributed by atoms with Crippen molar-refractivity contribution in [3.8, 4) is 0 Å². The normalized spacial score (nSPS) is 11.6. The molecule has 0 atom stereocenters. The second-order valence-corrected chi connectivity index (χ2v) is 9.03. The number of hydrogen-bond acceptors (Lipinski definition) is 3. The molecule has 0 unspecified atom stereocenters. The molecule has 0 fully saturated rings. The van der Waals surface area contributed by atoms with E-state index in [1.165, 1.54) is 16.5 Å². The van der Waals surface area contributed by atoms with Crippen LogP contribution in [0, 0.1) is 5.82 Å². The molecule has 0 spiro atoms. The zero-order chi connectivity index (χ0) is 18.9. The van der Waals surface area contributed by atoms with Gasteiger partial charge in [-0.25, -0.2) is 9.37 Å². The average molecular weight is 409 g/mol. The highest BCUT2D eigenvalue weighted by Crippen LogP contribution is 2.35. The van der Waals surface area contributed by atoms with Crippen LogP contribution < -0.4 is 5.32 Å². The van der Waals surface area contributed by atoms with Gasteiger partial charge in [-0.1, -0.05) is 56.1 Å². The van der Waals surface area contributed by atoms with E-state index < -0.39 is 5.82 Å². The van der Waals surface area contributed by atoms with Crippen molar-refractivity contribution >= 4 is 45.4 Å². The summed E-state index contributed by atoms with van der Waals surface area (Å²) in [6, 6.07) is 12.4. The summed E-state index contributed by atoms with van der Waals surface area (Å²) < 4.78 is 13.4. The zero-order valence-corrected chi connectivity index (χ0v) is 17.1. The minimum absolute atomic E-state index is 0.0847. The summed E-state index contributed by atoms with van der Waals surface area (Å²) in [6.07, 6.45) is 0.785. The third kappa shape index (κ3) is 4.56. The van der Waals surface area contributed by atoms with E-state index in [-0.39, 0.29) is 10.4 Å². The fourth-order valence-electron chi connectivity index (χ4n) is 2.60. The summed E-state index contributed by atoms with van der Waals surface area (Å²) in [4.78, 5) is 5.98. The lowest BCUT2D eigenvalue weighted by Crippen LogP contribution is -2.14. The molecular formula is C20H19Cl2FN2S. The van der Waals surface area contributed by atoms with Gasteiger partial charge in [-0.2, -0.15) is 0 Å². The van der Waals surface area contributed by atoms with Crippen LogP contribution in [-0.4, -0.2) is 4.98 Å². The minimum atomic E-state index is -0.435. The Morgan fingerprint density at radius 2 is 1.77 bits per heavy atom. The molecule has 136 valence electrons. The second kappa shape index (κ2) is 7.55. The van der Waals surface area contributed by atoms with E-state index in [0.717, 1.165) is 22.3 Å². The highest BCUT2D eigenvalue weighted by Gasteiger charge is 2.23. The van der Waals surface area contributed by atoms with E-state index >= 15 is 0 Å². The van der Waals surface area contributed by atoms with Gasteiger partial charge < -0.3 is 5.32 Å². The molecule has 2 aromatic carbocycles. The predicted molar refractivity (Wildman–Crippen MR) is 110 cm³/mol. The summed E-state index contributed by atoms with van der Waals surface area (Å²) in [5.41, 5.74) is 2.86. The summed E-state index contributed by atoms with van der Waals surface area (Å²) in [6.45, 7) is 6.43. The molecule has 2 nitrogen and oxygen atoms in total. The molecule has 6 heteroatoms. The van der Waals surface area contributed by atoms with Crippen LogP contribution in [0.3, 0.4) is 0 Å². The van der Waals surface area contributed by atoms with Crippen molar-refractivity contribution in [2.24, 2.45) is 0 Å². The molecule has 0 bridgehead atoms. The summed E-state index contributed by atoms with van der Waals surface area (Å²) in [7, 11) is 0. The Morgan fingerprint density at radius 1 is 1.08 bits per heavy atom. The number of hydrogen-bond donors (Lipinski definition) is 1. The molecule has 0 aliphatic heterocycles. The van der Waals surface area contributed by atoms with Crippen LogP contribution >= 0.6 is 34.5 Å². The Hall–Kier alpha value is -1.62. The highest BCUT2D eigenvalue weighted by atomic mass is 35.5. The second-order valence-electron chi connectivity index (χ2n) is 7.10. The molecule has 1 aromatic heterocycles. The zero-order valence-electron chi connectivity index (χ0n) is 14.7. The maximum absolute atomic E-state index is 13.4. The molecule has 0 aliphatic carbocycles. The Bertz CT molecular complexity index is 915. The van der Waals surface area contributed by atoms with E-state index in [0.29, 0.717) is 5.69 Å². The fourth-order valence-corrected chi connectivity index (χ4v) is 4.13. The predicted octanol–water partition coefficient (Wildman–Crippen LogP) is 7.22. The highest BCUT2D eigenvalue weighted by molar-refractivity contribution is 7.15. The molecule has 1 N–H and O–H groups in total. The van der Waals surface area contributed by atoms with Gasteiger partial charge in [0.1, 0.15) is 5.82 Å². The van der Waals surface area contributed by atoms with E-state index in [1.807, 2.05) is 24.3 Å². The van der Waals surface area contributed by atoms with Crippen molar-refractivity contribution in [3.63, 3.8) is 0 Å². The summed E-state index contributed by atoms with van der Waals surface area (Å²) in [5, 5.41) is 4.81. The van der Waals surface area contributed by atoms with Crippen molar-refractivity contribution in [2.45, 2.75) is 32.6 Å². The maximum Gasteiger partial charge on any atom is 0.187 e. The lowest BCUT2D eigenvalue weighted by Gasteiger charge is -2.17. The molecule has 1 heterocycles. The molecule has 3 rings (SSSR count). The number of nitrogens with zero attached hydrogens (tertiary/aromatic N) is 1. The Morgan fingerprint density at radius 3 is 2.38 bits per heavy atom. The lowest BCUT2D eigenvalue weighted by atomic mass is 9.90. The first kappa shape index (κ1) is 19.2. The summed E-state index contributed by atoms with van der Waals surface area (Å²) in [5.74, 6) is -0.435. The SMILES string of the molecule is CC(C)(C)c1nc(Nc2ccc(F)c(Cl)c2)sc1Cc1ccc(Cl)cc1.